The molecule has 0 saturated heterocycles. The van der Waals surface area contributed by atoms with E-state index in [1.165, 1.54) is 12.2 Å². The summed E-state index contributed by atoms with van der Waals surface area (Å²) in [5.41, 5.74) is -0.620. The summed E-state index contributed by atoms with van der Waals surface area (Å²) >= 11 is 0. The number of carbonyl (C=O) groups excluding carboxylic acids is 3. The molecule has 0 aromatic rings. The first-order valence-corrected chi connectivity index (χ1v) is 11.4. The highest BCUT2D eigenvalue weighted by atomic mass is 16.5. The predicted molar refractivity (Wildman–Crippen MR) is 156 cm³/mol. The molecule has 0 fully saturated rings. The van der Waals surface area contributed by atoms with Gasteiger partial charge in [0, 0.05) is 50.9 Å². The molecule has 222 valence electrons. The van der Waals surface area contributed by atoms with E-state index in [-0.39, 0.29) is 68.3 Å². The summed E-state index contributed by atoms with van der Waals surface area (Å²) < 4.78 is 23.1. The molecule has 0 spiro atoms. The van der Waals surface area contributed by atoms with E-state index in [2.05, 4.69) is 23.1 Å². The van der Waals surface area contributed by atoms with Crippen LogP contribution >= 0.6 is 0 Å². The van der Waals surface area contributed by atoms with Crippen LogP contribution in [0, 0.1) is 42.4 Å². The Hall–Kier alpha value is -3.13. The molecular formula is C30H50N2O7. The van der Waals surface area contributed by atoms with Crippen molar-refractivity contribution in [2.24, 2.45) is 5.41 Å². The average Bonchev–Trinajstić information content (AvgIpc) is 3.17. The smallest absolute Gasteiger partial charge is 0.253 e. The molecule has 0 aromatic heterocycles. The van der Waals surface area contributed by atoms with E-state index in [1.807, 2.05) is 0 Å². The molecule has 1 N–H and O–H groups in total. The summed E-state index contributed by atoms with van der Waals surface area (Å²) in [4.78, 5) is 36.1. The number of hydrogen-bond donors (Lipinski definition) is 1. The Kier molecular flexibility index (Phi) is 29.2. The lowest BCUT2D eigenvalue weighted by atomic mass is 9.92. The maximum absolute atomic E-state index is 12.0. The fraction of sp³-hybridized carbons (Fsp3) is 0.633. The first-order valence-electron chi connectivity index (χ1n) is 11.4. The minimum Gasteiger partial charge on any atom is -0.380 e. The third-order valence-electron chi connectivity index (χ3n) is 4.84. The number of hydrogen-bond acceptors (Lipinski definition) is 7. The second-order valence-corrected chi connectivity index (χ2v) is 7.83. The first-order chi connectivity index (χ1) is 17.0. The number of ether oxygens (including phenoxy) is 4. The van der Waals surface area contributed by atoms with Gasteiger partial charge in [-0.05, 0) is 0 Å². The fourth-order valence-electron chi connectivity index (χ4n) is 3.01. The molecule has 0 radical (unpaired) electrons. The van der Waals surface area contributed by atoms with Crippen LogP contribution in [0.4, 0.5) is 0 Å². The highest BCUT2D eigenvalue weighted by molar-refractivity contribution is 6.13. The molecule has 1 heterocycles. The lowest BCUT2D eigenvalue weighted by Gasteiger charge is -2.33. The van der Waals surface area contributed by atoms with E-state index in [0.717, 1.165) is 4.90 Å². The molecule has 1 aliphatic rings. The Morgan fingerprint density at radius 1 is 0.744 bits per heavy atom. The van der Waals surface area contributed by atoms with Gasteiger partial charge in [-0.3, -0.25) is 19.3 Å². The third-order valence-corrected chi connectivity index (χ3v) is 4.84. The average molecular weight is 551 g/mol. The van der Waals surface area contributed by atoms with Gasteiger partial charge in [-0.1, -0.05) is 29.7 Å². The van der Waals surface area contributed by atoms with Crippen LogP contribution in [0.3, 0.4) is 0 Å². The van der Waals surface area contributed by atoms with E-state index >= 15 is 0 Å². The van der Waals surface area contributed by atoms with Crippen molar-refractivity contribution in [3.8, 4) is 37.0 Å². The molecule has 9 nitrogen and oxygen atoms in total. The number of carbonyl (C=O) groups is 3. The number of nitrogens with one attached hydrogen (secondary N) is 1. The summed E-state index contributed by atoms with van der Waals surface area (Å²) in [6.45, 7) is 2.80. The summed E-state index contributed by atoms with van der Waals surface area (Å²) in [5.74, 6) is 6.47. The zero-order valence-electron chi connectivity index (χ0n) is 20.1. The van der Waals surface area contributed by atoms with Gasteiger partial charge in [0.2, 0.25) is 5.91 Å². The van der Waals surface area contributed by atoms with Crippen LogP contribution < -0.4 is 5.32 Å². The van der Waals surface area contributed by atoms with Crippen molar-refractivity contribution >= 4 is 17.7 Å². The van der Waals surface area contributed by atoms with Crippen LogP contribution in [0.5, 0.6) is 0 Å². The quantitative estimate of drug-likeness (QED) is 0.141. The standard InChI is InChI=1S/C26H34N2O7.4CH4/c1-4-7-15-32-19-26(20-33-16-8-5-2,21-34-17-9-6-3)22-35-18-13-27-23(29)12-14-28-24(30)10-11-25(28)31;;;;/h1-3,10-11H,7-9,12-22H2,(H,27,29);4*1H4. The van der Waals surface area contributed by atoms with Gasteiger partial charge in [-0.2, -0.15) is 0 Å². The molecule has 0 bridgehead atoms. The maximum Gasteiger partial charge on any atom is 0.253 e. The first kappa shape index (κ1) is 42.9. The summed E-state index contributed by atoms with van der Waals surface area (Å²) in [6, 6.07) is 0. The van der Waals surface area contributed by atoms with Gasteiger partial charge < -0.3 is 24.3 Å². The Morgan fingerprint density at radius 3 is 1.51 bits per heavy atom. The molecule has 1 aliphatic heterocycles. The Balaban J connectivity index is -0.00000153. The Bertz CT molecular complexity index is 761. The van der Waals surface area contributed by atoms with Crippen LogP contribution in [-0.4, -0.2) is 88.6 Å². The van der Waals surface area contributed by atoms with Gasteiger partial charge in [-0.15, -0.1) is 37.0 Å². The molecule has 39 heavy (non-hydrogen) atoms. The Morgan fingerprint density at radius 2 is 1.13 bits per heavy atom. The zero-order valence-corrected chi connectivity index (χ0v) is 20.1. The minimum absolute atomic E-state index is 0. The minimum atomic E-state index is -0.620. The highest BCUT2D eigenvalue weighted by Gasteiger charge is 2.32. The molecule has 1 rings (SSSR count). The van der Waals surface area contributed by atoms with Crippen molar-refractivity contribution in [3.63, 3.8) is 0 Å². The second kappa shape index (κ2) is 26.5. The Labute approximate surface area is 237 Å². The molecule has 0 aliphatic carbocycles. The maximum atomic E-state index is 12.0. The van der Waals surface area contributed by atoms with E-state index in [9.17, 15) is 14.4 Å². The van der Waals surface area contributed by atoms with Gasteiger partial charge in [0.15, 0.2) is 0 Å². The SMILES string of the molecule is C.C.C.C.C#CCCOCC(COCCC#C)(COCCC#C)COCCNC(=O)CCN1C(=O)C=CC1=O. The van der Waals surface area contributed by atoms with Crippen molar-refractivity contribution in [2.45, 2.75) is 55.4 Å². The zero-order chi connectivity index (χ0) is 25.8. The topological polar surface area (TPSA) is 103 Å². The summed E-state index contributed by atoms with van der Waals surface area (Å²) in [5, 5.41) is 2.71. The van der Waals surface area contributed by atoms with Gasteiger partial charge in [0.25, 0.3) is 11.8 Å². The largest absolute Gasteiger partial charge is 0.380 e. The van der Waals surface area contributed by atoms with Crippen LogP contribution in [0.2, 0.25) is 0 Å². The molecular weight excluding hydrogens is 500 g/mol. The lowest BCUT2D eigenvalue weighted by molar-refractivity contribution is -0.137. The van der Waals surface area contributed by atoms with E-state index in [4.69, 9.17) is 38.2 Å². The predicted octanol–water partition coefficient (Wildman–Crippen LogP) is 3.08. The van der Waals surface area contributed by atoms with Crippen molar-refractivity contribution in [3.05, 3.63) is 12.2 Å². The number of nitrogens with zero attached hydrogens (tertiary/aromatic N) is 1. The summed E-state index contributed by atoms with van der Waals surface area (Å²) in [6.07, 6.45) is 19.7. The van der Waals surface area contributed by atoms with E-state index in [1.54, 1.807) is 0 Å². The van der Waals surface area contributed by atoms with Crippen molar-refractivity contribution in [2.75, 3.05) is 65.9 Å². The van der Waals surface area contributed by atoms with Crippen molar-refractivity contribution < 1.29 is 33.3 Å². The molecule has 0 saturated carbocycles. The second-order valence-electron chi connectivity index (χ2n) is 7.83. The molecule has 0 atom stereocenters. The number of terminal acetylenes is 3. The molecule has 0 unspecified atom stereocenters. The molecule has 3 amide bonds. The van der Waals surface area contributed by atoms with Gasteiger partial charge in [-0.25, -0.2) is 0 Å². The van der Waals surface area contributed by atoms with Crippen LogP contribution in [0.25, 0.3) is 0 Å². The lowest BCUT2D eigenvalue weighted by Crippen LogP contribution is -2.42. The van der Waals surface area contributed by atoms with Gasteiger partial charge in [0.05, 0.1) is 58.3 Å². The van der Waals surface area contributed by atoms with Gasteiger partial charge in [0.1, 0.15) is 0 Å². The fourth-order valence-corrected chi connectivity index (χ4v) is 3.01. The third kappa shape index (κ3) is 18.7. The number of amides is 3. The molecule has 0 aromatic carbocycles. The van der Waals surface area contributed by atoms with Crippen LogP contribution in [-0.2, 0) is 33.3 Å². The molecule has 9 heteroatoms. The number of rotatable bonds is 20. The van der Waals surface area contributed by atoms with Crippen molar-refractivity contribution in [1.82, 2.24) is 10.2 Å². The van der Waals surface area contributed by atoms with Crippen LogP contribution in [0.15, 0.2) is 12.2 Å². The highest BCUT2D eigenvalue weighted by Crippen LogP contribution is 2.21. The van der Waals surface area contributed by atoms with E-state index in [0.29, 0.717) is 58.9 Å². The van der Waals surface area contributed by atoms with Crippen LogP contribution in [0.1, 0.15) is 55.4 Å². The van der Waals surface area contributed by atoms with Gasteiger partial charge >= 0.3 is 0 Å². The monoisotopic (exact) mass is 550 g/mol. The van der Waals surface area contributed by atoms with E-state index < -0.39 is 17.2 Å². The normalized spacial score (nSPS) is 11.6. The summed E-state index contributed by atoms with van der Waals surface area (Å²) in [7, 11) is 0. The number of imide groups is 1. The van der Waals surface area contributed by atoms with Crippen molar-refractivity contribution in [1.29, 1.82) is 0 Å².